The molecule has 1 aliphatic heterocycles. The molecular formula is C19H21N4O3S+. The Labute approximate surface area is 160 Å². The molecular weight excluding hydrogens is 364 g/mol. The summed E-state index contributed by atoms with van der Waals surface area (Å²) in [6.07, 6.45) is 3.57. The van der Waals surface area contributed by atoms with Crippen LogP contribution in [0.25, 0.3) is 10.2 Å². The van der Waals surface area contributed by atoms with E-state index in [4.69, 9.17) is 9.40 Å². The van der Waals surface area contributed by atoms with E-state index in [-0.39, 0.29) is 11.7 Å². The number of nitrogens with one attached hydrogen (secondary N) is 3. The lowest BCUT2D eigenvalue weighted by Crippen LogP contribution is -3.14. The van der Waals surface area contributed by atoms with Crippen LogP contribution in [0.1, 0.15) is 34.3 Å². The third-order valence-corrected chi connectivity index (χ3v) is 5.95. The van der Waals surface area contributed by atoms with Crippen LogP contribution in [0.2, 0.25) is 0 Å². The first-order valence-corrected chi connectivity index (χ1v) is 9.82. The van der Waals surface area contributed by atoms with Gasteiger partial charge >= 0.3 is 5.91 Å². The van der Waals surface area contributed by atoms with Crippen molar-refractivity contribution in [2.75, 3.05) is 19.6 Å². The second-order valence-corrected chi connectivity index (χ2v) is 7.78. The van der Waals surface area contributed by atoms with Crippen LogP contribution in [0.15, 0.2) is 47.1 Å². The molecule has 3 aromatic rings. The van der Waals surface area contributed by atoms with E-state index in [1.165, 1.54) is 15.9 Å². The summed E-state index contributed by atoms with van der Waals surface area (Å²) in [6.45, 7) is 2.14. The summed E-state index contributed by atoms with van der Waals surface area (Å²) < 4.78 is 6.20. The van der Waals surface area contributed by atoms with Crippen molar-refractivity contribution in [1.29, 1.82) is 0 Å². The van der Waals surface area contributed by atoms with Crippen LogP contribution in [-0.4, -0.2) is 36.4 Å². The predicted molar refractivity (Wildman–Crippen MR) is 101 cm³/mol. The van der Waals surface area contributed by atoms with E-state index >= 15 is 0 Å². The molecule has 1 aliphatic rings. The minimum Gasteiger partial charge on any atom is -0.459 e. The SMILES string of the molecule is O=C(C[NH+]1CCC[C@@H](c2nc3ccccc3s2)C1)NNC(=O)c1ccco1. The summed E-state index contributed by atoms with van der Waals surface area (Å²) in [6, 6.07) is 11.3. The number of likely N-dealkylation sites (tertiary alicyclic amines) is 1. The van der Waals surface area contributed by atoms with Gasteiger partial charge in [0.1, 0.15) is 5.01 Å². The fraction of sp³-hybridized carbons (Fsp3) is 0.316. The van der Waals surface area contributed by atoms with Gasteiger partial charge in [0.15, 0.2) is 12.3 Å². The molecule has 8 heteroatoms. The van der Waals surface area contributed by atoms with Crippen LogP contribution in [0.3, 0.4) is 0 Å². The molecule has 27 heavy (non-hydrogen) atoms. The number of aromatic nitrogens is 1. The number of hydrazine groups is 1. The van der Waals surface area contributed by atoms with Crippen LogP contribution in [0, 0.1) is 0 Å². The Bertz CT molecular complexity index is 904. The molecule has 2 amide bonds. The number of quaternary nitrogens is 1. The molecule has 1 saturated heterocycles. The van der Waals surface area contributed by atoms with Gasteiger partial charge in [-0.3, -0.25) is 20.4 Å². The average molecular weight is 385 g/mol. The Balaban J connectivity index is 1.31. The molecule has 2 atom stereocenters. The van der Waals surface area contributed by atoms with Gasteiger partial charge in [0.2, 0.25) is 0 Å². The number of amides is 2. The molecule has 7 nitrogen and oxygen atoms in total. The van der Waals surface area contributed by atoms with Crippen molar-refractivity contribution in [3.8, 4) is 0 Å². The maximum Gasteiger partial charge on any atom is 0.305 e. The number of hydrogen-bond acceptors (Lipinski definition) is 5. The van der Waals surface area contributed by atoms with Crippen LogP contribution >= 0.6 is 11.3 Å². The minimum absolute atomic E-state index is 0.163. The zero-order valence-corrected chi connectivity index (χ0v) is 15.6. The van der Waals surface area contributed by atoms with Crippen molar-refractivity contribution in [1.82, 2.24) is 15.8 Å². The highest BCUT2D eigenvalue weighted by molar-refractivity contribution is 7.18. The van der Waals surface area contributed by atoms with E-state index in [0.717, 1.165) is 36.5 Å². The summed E-state index contributed by atoms with van der Waals surface area (Å²) in [4.78, 5) is 29.9. The Morgan fingerprint density at radius 1 is 1.22 bits per heavy atom. The number of hydrogen-bond donors (Lipinski definition) is 3. The Morgan fingerprint density at radius 2 is 2.11 bits per heavy atom. The van der Waals surface area contributed by atoms with Crippen molar-refractivity contribution in [2.24, 2.45) is 0 Å². The minimum atomic E-state index is -0.464. The van der Waals surface area contributed by atoms with Crippen molar-refractivity contribution >= 4 is 33.4 Å². The van der Waals surface area contributed by atoms with E-state index in [9.17, 15) is 9.59 Å². The maximum absolute atomic E-state index is 12.2. The fourth-order valence-corrected chi connectivity index (χ4v) is 4.56. The number of benzene rings is 1. The molecule has 0 saturated carbocycles. The number of furan rings is 1. The molecule has 0 spiro atoms. The van der Waals surface area contributed by atoms with Crippen molar-refractivity contribution < 1.29 is 18.9 Å². The normalized spacial score (nSPS) is 19.7. The fourth-order valence-electron chi connectivity index (χ4n) is 3.45. The summed E-state index contributed by atoms with van der Waals surface area (Å²) in [7, 11) is 0. The smallest absolute Gasteiger partial charge is 0.305 e. The number of nitrogens with zero attached hydrogens (tertiary/aromatic N) is 1. The number of rotatable bonds is 4. The number of carbonyl (C=O) groups excluding carboxylic acids is 2. The first kappa shape index (κ1) is 17.7. The molecule has 140 valence electrons. The molecule has 3 heterocycles. The average Bonchev–Trinajstić information content (AvgIpc) is 3.36. The maximum atomic E-state index is 12.2. The van der Waals surface area contributed by atoms with E-state index < -0.39 is 5.91 Å². The van der Waals surface area contributed by atoms with Gasteiger partial charge in [-0.15, -0.1) is 11.3 Å². The van der Waals surface area contributed by atoms with Gasteiger partial charge in [-0.05, 0) is 37.1 Å². The van der Waals surface area contributed by atoms with E-state index in [2.05, 4.69) is 16.9 Å². The molecule has 2 aromatic heterocycles. The van der Waals surface area contributed by atoms with E-state index in [0.29, 0.717) is 12.5 Å². The molecule has 3 N–H and O–H groups in total. The van der Waals surface area contributed by atoms with Crippen LogP contribution < -0.4 is 15.8 Å². The number of para-hydroxylation sites is 1. The molecule has 4 rings (SSSR count). The number of thiazole rings is 1. The van der Waals surface area contributed by atoms with E-state index in [1.807, 2.05) is 18.2 Å². The van der Waals surface area contributed by atoms with Gasteiger partial charge in [-0.2, -0.15) is 0 Å². The van der Waals surface area contributed by atoms with Crippen LogP contribution in [0.4, 0.5) is 0 Å². The highest BCUT2D eigenvalue weighted by Gasteiger charge is 2.28. The molecule has 1 unspecified atom stereocenters. The lowest BCUT2D eigenvalue weighted by molar-refractivity contribution is -0.898. The second-order valence-electron chi connectivity index (χ2n) is 6.72. The summed E-state index contributed by atoms with van der Waals surface area (Å²) in [5, 5.41) is 1.15. The van der Waals surface area contributed by atoms with Gasteiger partial charge in [0.25, 0.3) is 5.91 Å². The largest absolute Gasteiger partial charge is 0.459 e. The molecule has 0 bridgehead atoms. The van der Waals surface area contributed by atoms with Crippen molar-refractivity contribution in [2.45, 2.75) is 18.8 Å². The Hall–Kier alpha value is -2.71. The van der Waals surface area contributed by atoms with Crippen molar-refractivity contribution in [3.63, 3.8) is 0 Å². The molecule has 0 aliphatic carbocycles. The highest BCUT2D eigenvalue weighted by atomic mass is 32.1. The summed E-state index contributed by atoms with van der Waals surface area (Å²) in [5.41, 5.74) is 5.89. The topological polar surface area (TPSA) is 88.7 Å². The van der Waals surface area contributed by atoms with Crippen molar-refractivity contribution in [3.05, 3.63) is 53.4 Å². The second kappa shape index (κ2) is 7.89. The Kier molecular flexibility index (Phi) is 5.17. The highest BCUT2D eigenvalue weighted by Crippen LogP contribution is 2.30. The molecule has 1 fully saturated rings. The Morgan fingerprint density at radius 3 is 2.93 bits per heavy atom. The zero-order valence-electron chi connectivity index (χ0n) is 14.7. The van der Waals surface area contributed by atoms with Gasteiger partial charge in [0.05, 0.1) is 35.5 Å². The predicted octanol–water partition coefficient (Wildman–Crippen LogP) is 1.11. The van der Waals surface area contributed by atoms with Crippen LogP contribution in [-0.2, 0) is 4.79 Å². The lowest BCUT2D eigenvalue weighted by Gasteiger charge is -2.28. The monoisotopic (exact) mass is 385 g/mol. The van der Waals surface area contributed by atoms with Gasteiger partial charge in [0, 0.05) is 0 Å². The molecule has 0 radical (unpaired) electrons. The number of fused-ring (bicyclic) bond motifs is 1. The lowest BCUT2D eigenvalue weighted by atomic mass is 9.99. The van der Waals surface area contributed by atoms with Gasteiger partial charge in [-0.25, -0.2) is 4.98 Å². The standard InChI is InChI=1S/C19H20N4O3S/c24-17(21-22-18(25)15-7-4-10-26-15)12-23-9-3-5-13(11-23)19-20-14-6-1-2-8-16(14)27-19/h1-2,4,6-8,10,13H,3,5,9,11-12H2,(H,21,24)(H,22,25)/p+1/t13-/m1/s1. The van der Waals surface area contributed by atoms with E-state index in [1.54, 1.807) is 23.5 Å². The number of carbonyl (C=O) groups is 2. The van der Waals surface area contributed by atoms with Gasteiger partial charge in [-0.1, -0.05) is 12.1 Å². The third-order valence-electron chi connectivity index (χ3n) is 4.75. The van der Waals surface area contributed by atoms with Gasteiger partial charge < -0.3 is 9.32 Å². The summed E-state index contributed by atoms with van der Waals surface area (Å²) >= 11 is 1.74. The summed E-state index contributed by atoms with van der Waals surface area (Å²) in [5.74, 6) is -0.141. The number of piperidine rings is 1. The first-order valence-electron chi connectivity index (χ1n) is 9.01. The first-order chi connectivity index (χ1) is 13.2. The molecule has 1 aromatic carbocycles. The quantitative estimate of drug-likeness (QED) is 0.587. The zero-order chi connectivity index (χ0) is 18.6. The third kappa shape index (κ3) is 4.17. The van der Waals surface area contributed by atoms with Crippen LogP contribution in [0.5, 0.6) is 0 Å².